The van der Waals surface area contributed by atoms with E-state index in [1.165, 1.54) is 6.92 Å². The van der Waals surface area contributed by atoms with Gasteiger partial charge in [-0.15, -0.1) is 0 Å². The largest absolute Gasteiger partial charge is 0.462 e. The lowest BCUT2D eigenvalue weighted by Gasteiger charge is -2.18. The number of allylic oxidation sites excluding steroid dienone is 1. The van der Waals surface area contributed by atoms with E-state index in [0.717, 1.165) is 11.1 Å². The molecule has 1 radical (unpaired) electrons. The Hall–Kier alpha value is -1.90. The molecule has 0 bridgehead atoms. The van der Waals surface area contributed by atoms with Gasteiger partial charge in [0.2, 0.25) is 0 Å². The second-order valence-corrected chi connectivity index (χ2v) is 4.65. The van der Waals surface area contributed by atoms with Crippen LogP contribution in [0.3, 0.4) is 0 Å². The number of ether oxygens (including phenoxy) is 1. The van der Waals surface area contributed by atoms with E-state index >= 15 is 0 Å². The lowest BCUT2D eigenvalue weighted by molar-refractivity contribution is -0.146. The van der Waals surface area contributed by atoms with Crippen molar-refractivity contribution in [3.05, 3.63) is 54.0 Å². The molecule has 0 N–H and O–H groups in total. The number of carbonyl (C=O) groups excluding carboxylic acids is 2. The van der Waals surface area contributed by atoms with Gasteiger partial charge in [-0.05, 0) is 23.6 Å². The molecule has 1 atom stereocenters. The van der Waals surface area contributed by atoms with E-state index in [0.29, 0.717) is 19.3 Å². The van der Waals surface area contributed by atoms with Gasteiger partial charge in [-0.3, -0.25) is 9.59 Å². The first-order valence-electron chi connectivity index (χ1n) is 6.43. The molecule has 19 heavy (non-hydrogen) atoms. The third-order valence-electron chi connectivity index (χ3n) is 3.10. The predicted molar refractivity (Wildman–Crippen MR) is 72.5 cm³/mol. The van der Waals surface area contributed by atoms with Crippen molar-refractivity contribution >= 4 is 11.8 Å². The van der Waals surface area contributed by atoms with Crippen LogP contribution in [-0.4, -0.2) is 17.9 Å². The predicted octanol–water partition coefficient (Wildman–Crippen LogP) is 2.44. The average molecular weight is 257 g/mol. The molecule has 3 nitrogen and oxygen atoms in total. The van der Waals surface area contributed by atoms with Crippen LogP contribution in [-0.2, 0) is 27.2 Å². The van der Waals surface area contributed by atoms with E-state index < -0.39 is 0 Å². The van der Waals surface area contributed by atoms with Gasteiger partial charge in [-0.2, -0.15) is 0 Å². The Kier molecular flexibility index (Phi) is 4.50. The molecule has 0 aromatic heterocycles. The zero-order chi connectivity index (χ0) is 13.7. The lowest BCUT2D eigenvalue weighted by Crippen LogP contribution is -2.20. The van der Waals surface area contributed by atoms with Gasteiger partial charge in [-0.25, -0.2) is 0 Å². The summed E-state index contributed by atoms with van der Waals surface area (Å²) in [6, 6.07) is 7.96. The third kappa shape index (κ3) is 4.05. The highest BCUT2D eigenvalue weighted by Crippen LogP contribution is 2.18. The molecule has 1 unspecified atom stereocenters. The fraction of sp³-hybridized carbons (Fsp3) is 0.312. The van der Waals surface area contributed by atoms with Crippen LogP contribution in [0.1, 0.15) is 24.5 Å². The third-order valence-corrected chi connectivity index (χ3v) is 3.10. The quantitative estimate of drug-likeness (QED) is 0.726. The zero-order valence-corrected chi connectivity index (χ0v) is 11.0. The fourth-order valence-electron chi connectivity index (χ4n) is 2.22. The molecule has 3 heteroatoms. The van der Waals surface area contributed by atoms with Crippen LogP contribution in [0.25, 0.3) is 0 Å². The molecule has 0 saturated heterocycles. The normalized spacial score (nSPS) is 21.3. The molecule has 0 amide bonds. The topological polar surface area (TPSA) is 43.4 Å². The Bertz CT molecular complexity index is 502. The SMILES string of the molecule is CC(=O)OC1C/C=C\C(=O)[CH]Cc2ccccc2C1. The Labute approximate surface area is 113 Å². The summed E-state index contributed by atoms with van der Waals surface area (Å²) >= 11 is 0. The highest BCUT2D eigenvalue weighted by molar-refractivity contribution is 5.97. The van der Waals surface area contributed by atoms with E-state index in [1.807, 2.05) is 24.3 Å². The van der Waals surface area contributed by atoms with Crippen molar-refractivity contribution in [3.63, 3.8) is 0 Å². The molecule has 1 aromatic carbocycles. The van der Waals surface area contributed by atoms with Crippen molar-refractivity contribution < 1.29 is 14.3 Å². The number of fused-ring (bicyclic) bond motifs is 1. The van der Waals surface area contributed by atoms with Crippen LogP contribution in [0, 0.1) is 6.42 Å². The minimum atomic E-state index is -0.286. The molecular weight excluding hydrogens is 240 g/mol. The van der Waals surface area contributed by atoms with Crippen molar-refractivity contribution in [2.75, 3.05) is 0 Å². The maximum atomic E-state index is 11.6. The van der Waals surface area contributed by atoms with Crippen LogP contribution in [0.2, 0.25) is 0 Å². The maximum Gasteiger partial charge on any atom is 0.302 e. The minimum absolute atomic E-state index is 0.00159. The molecule has 0 heterocycles. The second kappa shape index (κ2) is 6.32. The molecule has 2 rings (SSSR count). The first-order chi connectivity index (χ1) is 9.15. The van der Waals surface area contributed by atoms with Crippen LogP contribution in [0.4, 0.5) is 0 Å². The Balaban J connectivity index is 2.24. The molecule has 0 fully saturated rings. The summed E-state index contributed by atoms with van der Waals surface area (Å²) in [6.07, 6.45) is 6.66. The van der Waals surface area contributed by atoms with Crippen LogP contribution in [0.15, 0.2) is 36.4 Å². The van der Waals surface area contributed by atoms with Gasteiger partial charge in [0.05, 0.1) is 0 Å². The Morgan fingerprint density at radius 2 is 2.00 bits per heavy atom. The van der Waals surface area contributed by atoms with Gasteiger partial charge in [-0.1, -0.05) is 30.3 Å². The summed E-state index contributed by atoms with van der Waals surface area (Å²) < 4.78 is 5.30. The molecule has 1 aromatic rings. The van der Waals surface area contributed by atoms with Crippen molar-refractivity contribution in [2.45, 2.75) is 32.3 Å². The smallest absolute Gasteiger partial charge is 0.302 e. The number of hydrogen-bond donors (Lipinski definition) is 0. The van der Waals surface area contributed by atoms with Gasteiger partial charge in [0, 0.05) is 26.2 Å². The number of benzene rings is 1. The molecule has 0 saturated carbocycles. The Morgan fingerprint density at radius 1 is 1.26 bits per heavy atom. The summed E-state index contributed by atoms with van der Waals surface area (Å²) in [4.78, 5) is 22.7. The molecular formula is C16H17O3. The molecule has 1 aliphatic carbocycles. The van der Waals surface area contributed by atoms with E-state index in [1.54, 1.807) is 18.6 Å². The second-order valence-electron chi connectivity index (χ2n) is 4.65. The van der Waals surface area contributed by atoms with Crippen molar-refractivity contribution in [2.24, 2.45) is 0 Å². The first-order valence-corrected chi connectivity index (χ1v) is 6.43. The number of esters is 1. The number of ketones is 1. The van der Waals surface area contributed by atoms with E-state index in [2.05, 4.69) is 0 Å². The molecule has 1 aliphatic rings. The summed E-state index contributed by atoms with van der Waals surface area (Å²) in [5.74, 6) is -0.288. The van der Waals surface area contributed by atoms with E-state index in [9.17, 15) is 9.59 Å². The van der Waals surface area contributed by atoms with Gasteiger partial charge in [0.25, 0.3) is 0 Å². The van der Waals surface area contributed by atoms with E-state index in [4.69, 9.17) is 4.74 Å². The molecule has 99 valence electrons. The monoisotopic (exact) mass is 257 g/mol. The number of hydrogen-bond acceptors (Lipinski definition) is 3. The number of carbonyl (C=O) groups is 2. The standard InChI is InChI=1S/C16H17O3/c1-12(17)19-16-8-4-7-15(18)10-9-13-5-2-3-6-14(13)11-16/h2-7,10,16H,8-9,11H2,1H3/b7-4-. The summed E-state index contributed by atoms with van der Waals surface area (Å²) in [5.41, 5.74) is 2.25. The minimum Gasteiger partial charge on any atom is -0.462 e. The van der Waals surface area contributed by atoms with Gasteiger partial charge in [0.1, 0.15) is 6.10 Å². The summed E-state index contributed by atoms with van der Waals surface area (Å²) in [6.45, 7) is 1.41. The first kappa shape index (κ1) is 13.5. The van der Waals surface area contributed by atoms with E-state index in [-0.39, 0.29) is 17.9 Å². The zero-order valence-electron chi connectivity index (χ0n) is 11.0. The van der Waals surface area contributed by atoms with Crippen LogP contribution in [0.5, 0.6) is 0 Å². The number of rotatable bonds is 1. The summed E-state index contributed by atoms with van der Waals surface area (Å²) in [5, 5.41) is 0. The highest BCUT2D eigenvalue weighted by atomic mass is 16.5. The van der Waals surface area contributed by atoms with Gasteiger partial charge in [0.15, 0.2) is 5.78 Å². The fourth-order valence-corrected chi connectivity index (χ4v) is 2.22. The maximum absolute atomic E-state index is 11.6. The Morgan fingerprint density at radius 3 is 2.74 bits per heavy atom. The molecule has 0 spiro atoms. The van der Waals surface area contributed by atoms with Crippen molar-refractivity contribution in [1.82, 2.24) is 0 Å². The van der Waals surface area contributed by atoms with Crippen molar-refractivity contribution in [1.29, 1.82) is 0 Å². The van der Waals surface area contributed by atoms with Gasteiger partial charge >= 0.3 is 5.97 Å². The van der Waals surface area contributed by atoms with Crippen molar-refractivity contribution in [3.8, 4) is 0 Å². The lowest BCUT2D eigenvalue weighted by atomic mass is 9.95. The average Bonchev–Trinajstić information content (AvgIpc) is 2.36. The molecule has 0 aliphatic heterocycles. The van der Waals surface area contributed by atoms with Crippen LogP contribution < -0.4 is 0 Å². The van der Waals surface area contributed by atoms with Gasteiger partial charge < -0.3 is 4.74 Å². The summed E-state index contributed by atoms with van der Waals surface area (Å²) in [7, 11) is 0. The van der Waals surface area contributed by atoms with Crippen LogP contribution >= 0.6 is 0 Å². The highest BCUT2D eigenvalue weighted by Gasteiger charge is 2.15.